The van der Waals surface area contributed by atoms with Crippen molar-refractivity contribution in [3.8, 4) is 11.3 Å². The number of aromatic nitrogens is 1. The number of ether oxygens (including phenoxy) is 1. The van der Waals surface area contributed by atoms with E-state index in [-0.39, 0.29) is 33.2 Å². The highest BCUT2D eigenvalue weighted by Gasteiger charge is 2.33. The number of nitrogens with zero attached hydrogens (tertiary/aromatic N) is 1. The topological polar surface area (TPSA) is 76.4 Å². The zero-order valence-electron chi connectivity index (χ0n) is 15.4. The van der Waals surface area contributed by atoms with Crippen LogP contribution in [0.4, 0.5) is 4.39 Å². The van der Waals surface area contributed by atoms with Gasteiger partial charge in [-0.1, -0.05) is 22.8 Å². The van der Waals surface area contributed by atoms with Crippen molar-refractivity contribution in [3.05, 3.63) is 40.4 Å². The Bertz CT molecular complexity index is 793. The molecule has 2 heterocycles. The molecule has 1 aliphatic rings. The summed E-state index contributed by atoms with van der Waals surface area (Å²) in [4.78, 5) is 12.9. The molecule has 2 aromatic rings. The van der Waals surface area contributed by atoms with E-state index in [1.807, 2.05) is 0 Å². The summed E-state index contributed by atoms with van der Waals surface area (Å²) in [5.41, 5.74) is 0.244. The molecule has 0 bridgehead atoms. The molecule has 1 aliphatic heterocycles. The van der Waals surface area contributed by atoms with E-state index in [0.29, 0.717) is 18.9 Å². The second-order valence-corrected chi connectivity index (χ2v) is 7.33. The van der Waals surface area contributed by atoms with Gasteiger partial charge in [-0.15, -0.1) is 0 Å². The highest BCUT2D eigenvalue weighted by Crippen LogP contribution is 2.34. The lowest BCUT2D eigenvalue weighted by Gasteiger charge is -2.37. The van der Waals surface area contributed by atoms with E-state index in [2.05, 4.69) is 15.8 Å². The maximum atomic E-state index is 14.3. The molecule has 1 aromatic carbocycles. The normalized spacial score (nSPS) is 16.3. The fourth-order valence-corrected chi connectivity index (χ4v) is 3.78. The molecule has 146 valence electrons. The van der Waals surface area contributed by atoms with Crippen LogP contribution in [-0.4, -0.2) is 44.4 Å². The minimum atomic E-state index is -0.556. The van der Waals surface area contributed by atoms with Gasteiger partial charge in [0.25, 0.3) is 5.91 Å². The zero-order chi connectivity index (χ0) is 19.4. The van der Waals surface area contributed by atoms with Crippen LogP contribution in [0.3, 0.4) is 0 Å². The first kappa shape index (κ1) is 19.8. The molecule has 0 radical (unpaired) electrons. The Morgan fingerprint density at radius 2 is 2.19 bits per heavy atom. The molecule has 1 aromatic heterocycles. The van der Waals surface area contributed by atoms with Gasteiger partial charge in [-0.3, -0.25) is 4.79 Å². The van der Waals surface area contributed by atoms with Gasteiger partial charge >= 0.3 is 0 Å². The summed E-state index contributed by atoms with van der Waals surface area (Å²) in [5.74, 6) is -0.607. The van der Waals surface area contributed by atoms with E-state index in [0.717, 1.165) is 25.9 Å². The predicted molar refractivity (Wildman–Crippen MR) is 100 cm³/mol. The Balaban J connectivity index is 1.84. The number of hydrogen-bond donors (Lipinski definition) is 2. The lowest BCUT2D eigenvalue weighted by atomic mass is 9.79. The molecule has 0 spiro atoms. The first-order chi connectivity index (χ1) is 13.0. The van der Waals surface area contributed by atoms with E-state index in [1.165, 1.54) is 12.1 Å². The molecule has 1 amide bonds. The molecular weight excluding hydrogens is 373 g/mol. The van der Waals surface area contributed by atoms with Crippen LogP contribution in [0, 0.1) is 18.2 Å². The van der Waals surface area contributed by atoms with Crippen LogP contribution < -0.4 is 10.6 Å². The molecule has 1 saturated heterocycles. The first-order valence-electron chi connectivity index (χ1n) is 8.86. The van der Waals surface area contributed by atoms with Crippen molar-refractivity contribution >= 4 is 17.5 Å². The summed E-state index contributed by atoms with van der Waals surface area (Å²) >= 11 is 6.14. The number of carbonyl (C=O) groups excluding carboxylic acids is 1. The molecule has 8 heteroatoms. The molecule has 0 saturated carbocycles. The monoisotopic (exact) mass is 395 g/mol. The number of halogens is 2. The van der Waals surface area contributed by atoms with Crippen LogP contribution in [0.25, 0.3) is 11.3 Å². The van der Waals surface area contributed by atoms with Crippen LogP contribution in [0.2, 0.25) is 5.02 Å². The van der Waals surface area contributed by atoms with Crippen molar-refractivity contribution < 1.29 is 18.4 Å². The number of hydrogen-bond acceptors (Lipinski definition) is 5. The SMILES string of the molecule is COCC1(CNC(=O)c2c(-c3c(F)cccc3Cl)noc2C)CCNCC1. The standard InChI is InChI=1S/C19H23ClFN3O3/c1-12-15(17(24-27-12)16-13(20)4-3-5-14(16)21)18(25)23-10-19(11-26-2)6-8-22-9-7-19/h3-5,22H,6-11H2,1-2H3,(H,23,25). The van der Waals surface area contributed by atoms with Gasteiger partial charge in [-0.2, -0.15) is 0 Å². The van der Waals surface area contributed by atoms with Gasteiger partial charge < -0.3 is 19.9 Å². The van der Waals surface area contributed by atoms with E-state index in [9.17, 15) is 9.18 Å². The average Bonchev–Trinajstić information content (AvgIpc) is 3.02. The number of carbonyl (C=O) groups is 1. The molecule has 3 rings (SSSR count). The van der Waals surface area contributed by atoms with Crippen molar-refractivity contribution in [2.45, 2.75) is 19.8 Å². The summed E-state index contributed by atoms with van der Waals surface area (Å²) in [6, 6.07) is 4.32. The Morgan fingerprint density at radius 1 is 1.44 bits per heavy atom. The number of nitrogens with one attached hydrogen (secondary N) is 2. The third-order valence-electron chi connectivity index (χ3n) is 5.03. The number of rotatable bonds is 6. The second kappa shape index (κ2) is 8.37. The van der Waals surface area contributed by atoms with E-state index in [4.69, 9.17) is 20.9 Å². The number of methoxy groups -OCH3 is 1. The molecular formula is C19H23ClFN3O3. The minimum absolute atomic E-state index is 0.0645. The lowest BCUT2D eigenvalue weighted by Crippen LogP contribution is -2.47. The third-order valence-corrected chi connectivity index (χ3v) is 5.34. The highest BCUT2D eigenvalue weighted by atomic mass is 35.5. The zero-order valence-corrected chi connectivity index (χ0v) is 16.2. The third kappa shape index (κ3) is 4.15. The van der Waals surface area contributed by atoms with Gasteiger partial charge in [0.1, 0.15) is 22.8 Å². The summed E-state index contributed by atoms with van der Waals surface area (Å²) in [7, 11) is 1.66. The Hall–Kier alpha value is -1.96. The van der Waals surface area contributed by atoms with Gasteiger partial charge in [0.2, 0.25) is 0 Å². The summed E-state index contributed by atoms with van der Waals surface area (Å²) in [5, 5.41) is 10.3. The number of amides is 1. The Labute approximate surface area is 162 Å². The summed E-state index contributed by atoms with van der Waals surface area (Å²) < 4.78 is 24.9. The largest absolute Gasteiger partial charge is 0.384 e. The van der Waals surface area contributed by atoms with E-state index in [1.54, 1.807) is 20.1 Å². The minimum Gasteiger partial charge on any atom is -0.384 e. The maximum Gasteiger partial charge on any atom is 0.257 e. The van der Waals surface area contributed by atoms with Crippen molar-refractivity contribution in [2.24, 2.45) is 5.41 Å². The van der Waals surface area contributed by atoms with Crippen LogP contribution in [0.5, 0.6) is 0 Å². The van der Waals surface area contributed by atoms with Crippen molar-refractivity contribution in [3.63, 3.8) is 0 Å². The number of benzene rings is 1. The molecule has 1 fully saturated rings. The maximum absolute atomic E-state index is 14.3. The average molecular weight is 396 g/mol. The van der Waals surface area contributed by atoms with Crippen molar-refractivity contribution in [1.82, 2.24) is 15.8 Å². The molecule has 27 heavy (non-hydrogen) atoms. The molecule has 0 unspecified atom stereocenters. The fraction of sp³-hybridized carbons (Fsp3) is 0.474. The van der Waals surface area contributed by atoms with E-state index < -0.39 is 5.82 Å². The van der Waals surface area contributed by atoms with Crippen molar-refractivity contribution in [2.75, 3.05) is 33.4 Å². The van der Waals surface area contributed by atoms with Gasteiger partial charge in [0.15, 0.2) is 0 Å². The highest BCUT2D eigenvalue weighted by molar-refractivity contribution is 6.33. The van der Waals surface area contributed by atoms with Gasteiger partial charge in [-0.25, -0.2) is 4.39 Å². The second-order valence-electron chi connectivity index (χ2n) is 6.92. The van der Waals surface area contributed by atoms with Gasteiger partial charge in [0.05, 0.1) is 17.2 Å². The van der Waals surface area contributed by atoms with Crippen LogP contribution >= 0.6 is 11.6 Å². The van der Waals surface area contributed by atoms with Crippen LogP contribution in [0.1, 0.15) is 29.0 Å². The molecule has 0 aliphatic carbocycles. The molecule has 0 atom stereocenters. The Kier molecular flexibility index (Phi) is 6.14. The molecule has 6 nitrogen and oxygen atoms in total. The van der Waals surface area contributed by atoms with Crippen LogP contribution in [-0.2, 0) is 4.74 Å². The lowest BCUT2D eigenvalue weighted by molar-refractivity contribution is 0.0511. The number of aryl methyl sites for hydroxylation is 1. The smallest absolute Gasteiger partial charge is 0.257 e. The van der Waals surface area contributed by atoms with Gasteiger partial charge in [-0.05, 0) is 45.0 Å². The summed E-state index contributed by atoms with van der Waals surface area (Å²) in [6.45, 7) is 4.39. The predicted octanol–water partition coefficient (Wildman–Crippen LogP) is 3.19. The Morgan fingerprint density at radius 3 is 2.85 bits per heavy atom. The summed E-state index contributed by atoms with van der Waals surface area (Å²) in [6.07, 6.45) is 1.80. The fourth-order valence-electron chi connectivity index (χ4n) is 3.53. The first-order valence-corrected chi connectivity index (χ1v) is 9.24. The van der Waals surface area contributed by atoms with Crippen LogP contribution in [0.15, 0.2) is 22.7 Å². The van der Waals surface area contributed by atoms with E-state index >= 15 is 0 Å². The van der Waals surface area contributed by atoms with Crippen molar-refractivity contribution in [1.29, 1.82) is 0 Å². The number of piperidine rings is 1. The molecule has 2 N–H and O–H groups in total. The quantitative estimate of drug-likeness (QED) is 0.785. The van der Waals surface area contributed by atoms with Gasteiger partial charge in [0, 0.05) is 19.1 Å².